The van der Waals surface area contributed by atoms with Gasteiger partial charge in [-0.05, 0) is 12.8 Å². The van der Waals surface area contributed by atoms with Crippen LogP contribution in [0.2, 0.25) is 0 Å². The van der Waals surface area contributed by atoms with Crippen molar-refractivity contribution < 1.29 is 69.0 Å². The summed E-state index contributed by atoms with van der Waals surface area (Å²) in [7, 11) is 0. The zero-order valence-corrected chi connectivity index (χ0v) is 40.3. The SMILES string of the molecule is CCCCCCCCCCCCCCCCCCCCCCCCCCOCC(COC1OC(COC2OC(CO)C(O)C(O)C2O)C(O)C(O)C1O)OC(=O)CCCCCCCC. The summed E-state index contributed by atoms with van der Waals surface area (Å²) in [6.07, 6.45) is 22.3. The molecule has 2 saturated heterocycles. The van der Waals surface area contributed by atoms with Gasteiger partial charge in [0.15, 0.2) is 12.6 Å². The summed E-state index contributed by atoms with van der Waals surface area (Å²) < 4.78 is 34.1. The molecule has 2 aliphatic heterocycles. The average Bonchev–Trinajstić information content (AvgIpc) is 3.29. The van der Waals surface area contributed by atoms with Gasteiger partial charge in [0.25, 0.3) is 0 Å². The number of unbranched alkanes of at least 4 members (excludes halogenated alkanes) is 28. The first kappa shape index (κ1) is 59.1. The Morgan fingerprint density at radius 2 is 0.828 bits per heavy atom. The van der Waals surface area contributed by atoms with Crippen molar-refractivity contribution in [1.29, 1.82) is 0 Å². The first-order valence-electron chi connectivity index (χ1n) is 26.1. The van der Waals surface area contributed by atoms with Crippen molar-refractivity contribution in [2.75, 3.05) is 33.0 Å². The van der Waals surface area contributed by atoms with E-state index in [0.29, 0.717) is 13.0 Å². The molecule has 11 atom stereocenters. The summed E-state index contributed by atoms with van der Waals surface area (Å²) in [5.74, 6) is -0.381. The fourth-order valence-corrected chi connectivity index (χ4v) is 8.58. The molecule has 380 valence electrons. The van der Waals surface area contributed by atoms with Gasteiger partial charge >= 0.3 is 5.97 Å². The Labute approximate surface area is 387 Å². The molecule has 2 fully saturated rings. The summed E-state index contributed by atoms with van der Waals surface area (Å²) in [4.78, 5) is 12.8. The van der Waals surface area contributed by atoms with Gasteiger partial charge < -0.3 is 64.2 Å². The maximum atomic E-state index is 12.8. The molecular formula is C50H96O14. The summed E-state index contributed by atoms with van der Waals surface area (Å²) in [6, 6.07) is 0. The Morgan fingerprint density at radius 1 is 0.453 bits per heavy atom. The van der Waals surface area contributed by atoms with Gasteiger partial charge in [-0.15, -0.1) is 0 Å². The Morgan fingerprint density at radius 3 is 1.27 bits per heavy atom. The lowest BCUT2D eigenvalue weighted by molar-refractivity contribution is -0.332. The quantitative estimate of drug-likeness (QED) is 0.0231. The van der Waals surface area contributed by atoms with E-state index in [0.717, 1.165) is 44.9 Å². The minimum absolute atomic E-state index is 0.0687. The van der Waals surface area contributed by atoms with Gasteiger partial charge in [0, 0.05) is 13.0 Å². The van der Waals surface area contributed by atoms with E-state index in [1.807, 2.05) is 0 Å². The standard InChI is InChI=1S/C50H96O14/c1-3-5-7-9-11-12-13-14-15-16-17-18-19-20-21-22-23-24-25-26-27-28-30-32-34-59-36-39(62-42(52)33-31-29-10-8-6-4-2)37-60-49-48(58)46(56)44(54)41(64-49)38-61-50-47(57)45(55)43(53)40(35-51)63-50/h39-41,43-51,53-58H,3-38H2,1-2H3. The highest BCUT2D eigenvalue weighted by atomic mass is 16.7. The highest BCUT2D eigenvalue weighted by molar-refractivity contribution is 5.69. The van der Waals surface area contributed by atoms with E-state index in [4.69, 9.17) is 28.4 Å². The normalized spacial score (nSPS) is 26.6. The van der Waals surface area contributed by atoms with Crippen LogP contribution in [0.5, 0.6) is 0 Å². The van der Waals surface area contributed by atoms with Crippen LogP contribution in [0.3, 0.4) is 0 Å². The number of hydrogen-bond acceptors (Lipinski definition) is 14. The lowest BCUT2D eigenvalue weighted by Gasteiger charge is -2.42. The molecule has 0 radical (unpaired) electrons. The highest BCUT2D eigenvalue weighted by Gasteiger charge is 2.47. The van der Waals surface area contributed by atoms with Crippen LogP contribution in [0.25, 0.3) is 0 Å². The predicted molar refractivity (Wildman–Crippen MR) is 248 cm³/mol. The highest BCUT2D eigenvalue weighted by Crippen LogP contribution is 2.26. The number of esters is 1. The molecule has 0 amide bonds. The molecule has 0 aromatic carbocycles. The Kier molecular flexibility index (Phi) is 35.9. The number of ether oxygens (including phenoxy) is 6. The number of carbonyl (C=O) groups is 1. The summed E-state index contributed by atoms with van der Waals surface area (Å²) in [5, 5.41) is 71.9. The van der Waals surface area contributed by atoms with Crippen molar-refractivity contribution in [3.05, 3.63) is 0 Å². The van der Waals surface area contributed by atoms with Crippen molar-refractivity contribution in [3.8, 4) is 0 Å². The minimum atomic E-state index is -1.70. The van der Waals surface area contributed by atoms with Crippen LogP contribution in [0.15, 0.2) is 0 Å². The molecule has 0 bridgehead atoms. The van der Waals surface area contributed by atoms with E-state index >= 15 is 0 Å². The van der Waals surface area contributed by atoms with Crippen LogP contribution in [0, 0.1) is 0 Å². The van der Waals surface area contributed by atoms with Gasteiger partial charge in [0.2, 0.25) is 0 Å². The third kappa shape index (κ3) is 26.5. The van der Waals surface area contributed by atoms with Crippen LogP contribution in [0.4, 0.5) is 0 Å². The lowest BCUT2D eigenvalue weighted by Crippen LogP contribution is -2.61. The topological polar surface area (TPSA) is 214 Å². The predicted octanol–water partition coefficient (Wildman–Crippen LogP) is 7.69. The van der Waals surface area contributed by atoms with E-state index in [-0.39, 0.29) is 25.6 Å². The number of rotatable bonds is 42. The van der Waals surface area contributed by atoms with Gasteiger partial charge in [-0.3, -0.25) is 4.79 Å². The van der Waals surface area contributed by atoms with Crippen LogP contribution < -0.4 is 0 Å². The molecular weight excluding hydrogens is 825 g/mol. The van der Waals surface area contributed by atoms with Crippen molar-refractivity contribution in [2.24, 2.45) is 0 Å². The van der Waals surface area contributed by atoms with Crippen LogP contribution in [-0.4, -0.2) is 142 Å². The third-order valence-corrected chi connectivity index (χ3v) is 12.9. The first-order valence-corrected chi connectivity index (χ1v) is 26.1. The monoisotopic (exact) mass is 921 g/mol. The molecule has 0 saturated carbocycles. The molecule has 0 aromatic rings. The molecule has 64 heavy (non-hydrogen) atoms. The number of carbonyl (C=O) groups excluding carboxylic acids is 1. The first-order chi connectivity index (χ1) is 31.1. The molecule has 0 aliphatic carbocycles. The number of aliphatic hydroxyl groups excluding tert-OH is 7. The smallest absolute Gasteiger partial charge is 0.306 e. The number of aliphatic hydroxyl groups is 7. The number of hydrogen-bond donors (Lipinski definition) is 7. The maximum absolute atomic E-state index is 12.8. The fourth-order valence-electron chi connectivity index (χ4n) is 8.58. The van der Waals surface area contributed by atoms with Crippen LogP contribution in [0.1, 0.15) is 213 Å². The lowest BCUT2D eigenvalue weighted by atomic mass is 9.98. The van der Waals surface area contributed by atoms with Crippen molar-refractivity contribution in [3.63, 3.8) is 0 Å². The van der Waals surface area contributed by atoms with Gasteiger partial charge in [-0.2, -0.15) is 0 Å². The third-order valence-electron chi connectivity index (χ3n) is 12.9. The second-order valence-electron chi connectivity index (χ2n) is 18.7. The van der Waals surface area contributed by atoms with Gasteiger partial charge in [0.05, 0.1) is 26.4 Å². The van der Waals surface area contributed by atoms with E-state index in [1.165, 1.54) is 141 Å². The van der Waals surface area contributed by atoms with Crippen molar-refractivity contribution >= 4 is 5.97 Å². The minimum Gasteiger partial charge on any atom is -0.457 e. The van der Waals surface area contributed by atoms with E-state index < -0.39 is 80.7 Å². The van der Waals surface area contributed by atoms with E-state index in [1.54, 1.807) is 0 Å². The molecule has 11 unspecified atom stereocenters. The summed E-state index contributed by atoms with van der Waals surface area (Å²) in [6.45, 7) is 3.66. The molecule has 0 spiro atoms. The molecule has 2 heterocycles. The van der Waals surface area contributed by atoms with Crippen LogP contribution in [-0.2, 0) is 33.2 Å². The molecule has 2 rings (SSSR count). The fraction of sp³-hybridized carbons (Fsp3) is 0.980. The average molecular weight is 921 g/mol. The van der Waals surface area contributed by atoms with Crippen molar-refractivity contribution in [1.82, 2.24) is 0 Å². The maximum Gasteiger partial charge on any atom is 0.306 e. The van der Waals surface area contributed by atoms with E-state index in [2.05, 4.69) is 13.8 Å². The zero-order valence-electron chi connectivity index (χ0n) is 40.3. The zero-order chi connectivity index (χ0) is 46.6. The van der Waals surface area contributed by atoms with Gasteiger partial charge in [-0.1, -0.05) is 194 Å². The second-order valence-corrected chi connectivity index (χ2v) is 18.7. The molecule has 14 nitrogen and oxygen atoms in total. The molecule has 14 heteroatoms. The molecule has 0 aromatic heterocycles. The van der Waals surface area contributed by atoms with E-state index in [9.17, 15) is 40.5 Å². The summed E-state index contributed by atoms with van der Waals surface area (Å²) >= 11 is 0. The van der Waals surface area contributed by atoms with Crippen molar-refractivity contribution in [2.45, 2.75) is 280 Å². The Hall–Kier alpha value is -1.01. The molecule has 2 aliphatic rings. The van der Waals surface area contributed by atoms with Crippen LogP contribution >= 0.6 is 0 Å². The Balaban J connectivity index is 1.62. The Bertz CT molecular complexity index is 1070. The van der Waals surface area contributed by atoms with Gasteiger partial charge in [0.1, 0.15) is 54.9 Å². The molecule has 7 N–H and O–H groups in total. The van der Waals surface area contributed by atoms with Gasteiger partial charge in [-0.25, -0.2) is 0 Å². The second kappa shape index (κ2) is 38.9. The largest absolute Gasteiger partial charge is 0.457 e. The summed E-state index contributed by atoms with van der Waals surface area (Å²) in [5.41, 5.74) is 0.